The molecule has 0 aromatic carbocycles. The summed E-state index contributed by atoms with van der Waals surface area (Å²) in [5.41, 5.74) is 0.990. The zero-order valence-electron chi connectivity index (χ0n) is 8.17. The number of pyridine rings is 1. The molecule has 0 unspecified atom stereocenters. The molecule has 0 aliphatic rings. The fraction of sp³-hybridized carbons (Fsp3) is 0.500. The molecule has 1 aromatic rings. The van der Waals surface area contributed by atoms with Crippen molar-refractivity contribution in [2.45, 2.75) is 20.8 Å². The van der Waals surface area contributed by atoms with Gasteiger partial charge in [-0.05, 0) is 40.9 Å². The van der Waals surface area contributed by atoms with E-state index in [0.717, 1.165) is 22.7 Å². The van der Waals surface area contributed by atoms with Gasteiger partial charge in [-0.3, -0.25) is 0 Å². The third-order valence-corrected chi connectivity index (χ3v) is 2.09. The highest BCUT2D eigenvalue weighted by Gasteiger charge is 2.03. The summed E-state index contributed by atoms with van der Waals surface area (Å²) in [4.78, 5) is 4.24. The molecular weight excluding hydrogens is 230 g/mol. The lowest BCUT2D eigenvalue weighted by Crippen LogP contribution is -2.05. The Hall–Kier alpha value is -0.570. The summed E-state index contributed by atoms with van der Waals surface area (Å²) in [5.74, 6) is 1.35. The maximum Gasteiger partial charge on any atom is 0.152 e. The van der Waals surface area contributed by atoms with Gasteiger partial charge < -0.3 is 4.74 Å². The molecule has 2 nitrogen and oxygen atoms in total. The normalized spacial score (nSPS) is 10.5. The topological polar surface area (TPSA) is 22.1 Å². The first-order valence-corrected chi connectivity index (χ1v) is 5.15. The van der Waals surface area contributed by atoms with Crippen molar-refractivity contribution >= 4 is 15.9 Å². The lowest BCUT2D eigenvalue weighted by Gasteiger charge is -2.09. The van der Waals surface area contributed by atoms with Gasteiger partial charge in [-0.25, -0.2) is 4.98 Å². The van der Waals surface area contributed by atoms with Crippen molar-refractivity contribution in [1.82, 2.24) is 4.98 Å². The van der Waals surface area contributed by atoms with Crippen LogP contribution >= 0.6 is 15.9 Å². The van der Waals surface area contributed by atoms with Crippen LogP contribution in [0.3, 0.4) is 0 Å². The van der Waals surface area contributed by atoms with E-state index < -0.39 is 0 Å². The first-order valence-electron chi connectivity index (χ1n) is 4.35. The summed E-state index contributed by atoms with van der Waals surface area (Å²) < 4.78 is 6.33. The van der Waals surface area contributed by atoms with Crippen molar-refractivity contribution in [3.8, 4) is 5.75 Å². The van der Waals surface area contributed by atoms with E-state index in [1.165, 1.54) is 0 Å². The second-order valence-electron chi connectivity index (χ2n) is 3.45. The Morgan fingerprint density at radius 2 is 2.15 bits per heavy atom. The van der Waals surface area contributed by atoms with Crippen molar-refractivity contribution in [1.29, 1.82) is 0 Å². The molecule has 1 aromatic heterocycles. The smallest absolute Gasteiger partial charge is 0.152 e. The zero-order chi connectivity index (χ0) is 9.84. The first-order chi connectivity index (χ1) is 6.09. The van der Waals surface area contributed by atoms with Crippen LogP contribution < -0.4 is 4.74 Å². The lowest BCUT2D eigenvalue weighted by atomic mass is 10.2. The van der Waals surface area contributed by atoms with Gasteiger partial charge >= 0.3 is 0 Å². The Balaban J connectivity index is 2.67. The standard InChI is InChI=1S/C10H14BrNO/c1-7(2)6-13-9-5-4-8(3)12-10(9)11/h4-5,7H,6H2,1-3H3. The van der Waals surface area contributed by atoms with E-state index in [1.54, 1.807) is 0 Å². The molecule has 0 atom stereocenters. The summed E-state index contributed by atoms with van der Waals surface area (Å²) in [5, 5.41) is 0. The van der Waals surface area contributed by atoms with Gasteiger partial charge in [0.1, 0.15) is 4.60 Å². The number of rotatable bonds is 3. The molecule has 1 rings (SSSR count). The van der Waals surface area contributed by atoms with Gasteiger partial charge in [0.15, 0.2) is 5.75 Å². The molecule has 3 heteroatoms. The molecule has 1 heterocycles. The van der Waals surface area contributed by atoms with Gasteiger partial charge in [-0.1, -0.05) is 13.8 Å². The summed E-state index contributed by atoms with van der Waals surface area (Å²) in [7, 11) is 0. The van der Waals surface area contributed by atoms with Gasteiger partial charge in [0.05, 0.1) is 6.61 Å². The lowest BCUT2D eigenvalue weighted by molar-refractivity contribution is 0.268. The zero-order valence-corrected chi connectivity index (χ0v) is 9.76. The van der Waals surface area contributed by atoms with Crippen LogP contribution in [0.25, 0.3) is 0 Å². The molecule has 13 heavy (non-hydrogen) atoms. The van der Waals surface area contributed by atoms with E-state index in [2.05, 4.69) is 34.8 Å². The van der Waals surface area contributed by atoms with Gasteiger partial charge in [-0.2, -0.15) is 0 Å². The Morgan fingerprint density at radius 3 is 2.69 bits per heavy atom. The van der Waals surface area contributed by atoms with Gasteiger partial charge in [0.2, 0.25) is 0 Å². The van der Waals surface area contributed by atoms with Crippen LogP contribution in [0.4, 0.5) is 0 Å². The predicted molar refractivity (Wildman–Crippen MR) is 57.0 cm³/mol. The average molecular weight is 244 g/mol. The minimum absolute atomic E-state index is 0.535. The monoisotopic (exact) mass is 243 g/mol. The van der Waals surface area contributed by atoms with E-state index in [4.69, 9.17) is 4.74 Å². The highest BCUT2D eigenvalue weighted by atomic mass is 79.9. The fourth-order valence-corrected chi connectivity index (χ4v) is 1.40. The highest BCUT2D eigenvalue weighted by Crippen LogP contribution is 2.22. The third-order valence-electron chi connectivity index (χ3n) is 1.53. The largest absolute Gasteiger partial charge is 0.490 e. The Bertz CT molecular complexity index is 286. The molecule has 0 radical (unpaired) electrons. The summed E-state index contributed by atoms with van der Waals surface area (Å²) in [6, 6.07) is 3.88. The van der Waals surface area contributed by atoms with Crippen LogP contribution in [0.5, 0.6) is 5.75 Å². The summed E-state index contributed by atoms with van der Waals surface area (Å²) in [6.45, 7) is 6.92. The Labute approximate surface area is 87.5 Å². The fourth-order valence-electron chi connectivity index (χ4n) is 0.876. The van der Waals surface area contributed by atoms with Crippen LogP contribution in [0.15, 0.2) is 16.7 Å². The molecule has 0 fully saturated rings. The Kier molecular flexibility index (Phi) is 3.72. The van der Waals surface area contributed by atoms with Crippen molar-refractivity contribution < 1.29 is 4.74 Å². The number of halogens is 1. The highest BCUT2D eigenvalue weighted by molar-refractivity contribution is 9.10. The minimum Gasteiger partial charge on any atom is -0.490 e. The van der Waals surface area contributed by atoms with E-state index in [0.29, 0.717) is 5.92 Å². The molecule has 0 N–H and O–H groups in total. The predicted octanol–water partition coefficient (Wildman–Crippen LogP) is 3.19. The Morgan fingerprint density at radius 1 is 1.46 bits per heavy atom. The van der Waals surface area contributed by atoms with Crippen molar-refractivity contribution in [2.75, 3.05) is 6.61 Å². The average Bonchev–Trinajstić information content (AvgIpc) is 2.02. The van der Waals surface area contributed by atoms with Gasteiger partial charge in [0.25, 0.3) is 0 Å². The van der Waals surface area contributed by atoms with Crippen LogP contribution in [-0.2, 0) is 0 Å². The van der Waals surface area contributed by atoms with E-state index >= 15 is 0 Å². The second kappa shape index (κ2) is 4.61. The molecule has 0 aliphatic heterocycles. The van der Waals surface area contributed by atoms with Crippen molar-refractivity contribution in [3.05, 3.63) is 22.4 Å². The number of nitrogens with zero attached hydrogens (tertiary/aromatic N) is 1. The quantitative estimate of drug-likeness (QED) is 0.762. The molecule has 0 spiro atoms. The van der Waals surface area contributed by atoms with Crippen LogP contribution in [-0.4, -0.2) is 11.6 Å². The molecule has 0 aliphatic carbocycles. The van der Waals surface area contributed by atoms with Gasteiger partial charge in [0, 0.05) is 5.69 Å². The number of hydrogen-bond donors (Lipinski definition) is 0. The first kappa shape index (κ1) is 10.5. The van der Waals surface area contributed by atoms with Crippen molar-refractivity contribution in [3.63, 3.8) is 0 Å². The van der Waals surface area contributed by atoms with Crippen LogP contribution in [0, 0.1) is 12.8 Å². The maximum absolute atomic E-state index is 5.54. The molecular formula is C10H14BrNO. The summed E-state index contributed by atoms with van der Waals surface area (Å²) in [6.07, 6.45) is 0. The van der Waals surface area contributed by atoms with Crippen LogP contribution in [0.1, 0.15) is 19.5 Å². The SMILES string of the molecule is Cc1ccc(OCC(C)C)c(Br)n1. The molecule has 0 saturated heterocycles. The third kappa shape index (κ3) is 3.35. The van der Waals surface area contributed by atoms with Crippen LogP contribution in [0.2, 0.25) is 0 Å². The number of aryl methyl sites for hydroxylation is 1. The molecule has 0 amide bonds. The van der Waals surface area contributed by atoms with Gasteiger partial charge in [-0.15, -0.1) is 0 Å². The van der Waals surface area contributed by atoms with E-state index in [9.17, 15) is 0 Å². The molecule has 72 valence electrons. The number of ether oxygens (including phenoxy) is 1. The molecule has 0 bridgehead atoms. The molecule has 0 saturated carbocycles. The maximum atomic E-state index is 5.54. The number of aromatic nitrogens is 1. The van der Waals surface area contributed by atoms with E-state index in [1.807, 2.05) is 19.1 Å². The van der Waals surface area contributed by atoms with Crippen molar-refractivity contribution in [2.24, 2.45) is 5.92 Å². The minimum atomic E-state index is 0.535. The summed E-state index contributed by atoms with van der Waals surface area (Å²) >= 11 is 3.36. The second-order valence-corrected chi connectivity index (χ2v) is 4.20. The number of hydrogen-bond acceptors (Lipinski definition) is 2. The van der Waals surface area contributed by atoms with E-state index in [-0.39, 0.29) is 0 Å².